The maximum atomic E-state index is 11.6. The van der Waals surface area contributed by atoms with Crippen LogP contribution in [0.2, 0.25) is 0 Å². The third kappa shape index (κ3) is 2.31. The van der Waals surface area contributed by atoms with Crippen LogP contribution >= 0.6 is 0 Å². The number of aryl methyl sites for hydroxylation is 2. The average Bonchev–Trinajstić information content (AvgIpc) is 2.01. The first-order valence-electron chi connectivity index (χ1n) is 4.30. The molecule has 0 fully saturated rings. The van der Waals surface area contributed by atoms with Gasteiger partial charge in [-0.1, -0.05) is 17.2 Å². The van der Waals surface area contributed by atoms with E-state index < -0.39 is 0 Å². The summed E-state index contributed by atoms with van der Waals surface area (Å²) < 4.78 is 0. The Balaban J connectivity index is 3.08. The minimum Gasteiger partial charge on any atom is -0.345 e. The van der Waals surface area contributed by atoms with Gasteiger partial charge in [0.05, 0.1) is 0 Å². The zero-order chi connectivity index (χ0) is 10.0. The maximum absolute atomic E-state index is 11.6. The molecule has 2 heteroatoms. The number of rotatable bonds is 1. The quantitative estimate of drug-likeness (QED) is 0.642. The van der Waals surface area contributed by atoms with Crippen molar-refractivity contribution in [2.75, 3.05) is 14.1 Å². The van der Waals surface area contributed by atoms with Gasteiger partial charge in [-0.2, -0.15) is 0 Å². The largest absolute Gasteiger partial charge is 0.345 e. The lowest BCUT2D eigenvalue weighted by molar-refractivity contribution is 0.0827. The number of carbonyl (C=O) groups excluding carboxylic acids is 1. The van der Waals surface area contributed by atoms with Crippen molar-refractivity contribution < 1.29 is 4.79 Å². The number of hydrogen-bond acceptors (Lipinski definition) is 1. The Morgan fingerprint density at radius 3 is 1.92 bits per heavy atom. The van der Waals surface area contributed by atoms with Crippen LogP contribution < -0.4 is 0 Å². The highest BCUT2D eigenvalue weighted by Crippen LogP contribution is 2.09. The Morgan fingerprint density at radius 2 is 1.54 bits per heavy atom. The van der Waals surface area contributed by atoms with E-state index in [1.54, 1.807) is 19.0 Å². The van der Waals surface area contributed by atoms with E-state index in [2.05, 4.69) is 6.07 Å². The molecule has 0 heterocycles. The van der Waals surface area contributed by atoms with Crippen LogP contribution in [0, 0.1) is 13.8 Å². The molecule has 0 saturated heterocycles. The van der Waals surface area contributed by atoms with Gasteiger partial charge in [-0.05, 0) is 26.0 Å². The lowest BCUT2D eigenvalue weighted by Gasteiger charge is -2.11. The summed E-state index contributed by atoms with van der Waals surface area (Å²) in [7, 11) is 3.53. The third-order valence-electron chi connectivity index (χ3n) is 1.87. The zero-order valence-corrected chi connectivity index (χ0v) is 8.59. The normalized spacial score (nSPS) is 9.85. The van der Waals surface area contributed by atoms with E-state index in [0.29, 0.717) is 0 Å². The average molecular weight is 177 g/mol. The Hall–Kier alpha value is -1.31. The van der Waals surface area contributed by atoms with Gasteiger partial charge in [-0.3, -0.25) is 4.79 Å². The fourth-order valence-corrected chi connectivity index (χ4v) is 1.36. The number of amides is 1. The number of hydrogen-bond donors (Lipinski definition) is 0. The van der Waals surface area contributed by atoms with Gasteiger partial charge in [0, 0.05) is 19.7 Å². The van der Waals surface area contributed by atoms with Crippen LogP contribution in [0.1, 0.15) is 21.5 Å². The van der Waals surface area contributed by atoms with E-state index in [1.165, 1.54) is 0 Å². The Kier molecular flexibility index (Phi) is 2.71. The fraction of sp³-hybridized carbons (Fsp3) is 0.364. The molecule has 2 nitrogen and oxygen atoms in total. The van der Waals surface area contributed by atoms with E-state index in [-0.39, 0.29) is 5.91 Å². The van der Waals surface area contributed by atoms with Crippen LogP contribution in [0.4, 0.5) is 0 Å². The monoisotopic (exact) mass is 177 g/mol. The second-order valence-corrected chi connectivity index (χ2v) is 3.58. The summed E-state index contributed by atoms with van der Waals surface area (Å²) >= 11 is 0. The van der Waals surface area contributed by atoms with E-state index in [9.17, 15) is 4.79 Å². The first-order chi connectivity index (χ1) is 6.00. The highest BCUT2D eigenvalue weighted by Gasteiger charge is 2.07. The van der Waals surface area contributed by atoms with Crippen LogP contribution in [-0.4, -0.2) is 24.9 Å². The van der Waals surface area contributed by atoms with Gasteiger partial charge in [-0.15, -0.1) is 0 Å². The van der Waals surface area contributed by atoms with Gasteiger partial charge in [0.1, 0.15) is 0 Å². The summed E-state index contributed by atoms with van der Waals surface area (Å²) in [5.41, 5.74) is 3.03. The van der Waals surface area contributed by atoms with Crippen LogP contribution in [0.25, 0.3) is 0 Å². The molecule has 0 saturated carbocycles. The van der Waals surface area contributed by atoms with E-state index in [1.807, 2.05) is 26.0 Å². The summed E-state index contributed by atoms with van der Waals surface area (Å²) in [5.74, 6) is 0.0619. The summed E-state index contributed by atoms with van der Waals surface area (Å²) in [6.07, 6.45) is 0. The molecular weight excluding hydrogens is 162 g/mol. The molecule has 0 aliphatic heterocycles. The Labute approximate surface area is 79.2 Å². The number of benzene rings is 1. The topological polar surface area (TPSA) is 20.3 Å². The van der Waals surface area contributed by atoms with E-state index in [4.69, 9.17) is 0 Å². The molecule has 1 rings (SSSR count). The lowest BCUT2D eigenvalue weighted by Crippen LogP contribution is -2.21. The molecule has 0 aromatic heterocycles. The standard InChI is InChI=1S/C11H15NO/c1-8-5-9(2)7-10(6-8)11(13)12(3)4/h5-7H,1-4H3. The van der Waals surface area contributed by atoms with Crippen LogP contribution in [-0.2, 0) is 0 Å². The molecule has 0 spiro atoms. The zero-order valence-electron chi connectivity index (χ0n) is 8.59. The molecule has 0 atom stereocenters. The van der Waals surface area contributed by atoms with Crippen molar-refractivity contribution in [1.29, 1.82) is 0 Å². The van der Waals surface area contributed by atoms with Crippen molar-refractivity contribution in [1.82, 2.24) is 4.90 Å². The molecule has 0 aliphatic carbocycles. The Morgan fingerprint density at radius 1 is 1.08 bits per heavy atom. The van der Waals surface area contributed by atoms with Crippen molar-refractivity contribution in [3.63, 3.8) is 0 Å². The molecule has 70 valence electrons. The van der Waals surface area contributed by atoms with E-state index in [0.717, 1.165) is 16.7 Å². The van der Waals surface area contributed by atoms with Gasteiger partial charge >= 0.3 is 0 Å². The molecule has 0 aliphatic rings. The minimum atomic E-state index is 0.0619. The van der Waals surface area contributed by atoms with Crippen molar-refractivity contribution >= 4 is 5.91 Å². The highest BCUT2D eigenvalue weighted by atomic mass is 16.2. The SMILES string of the molecule is Cc1cc(C)cc(C(=O)N(C)C)c1. The summed E-state index contributed by atoms with van der Waals surface area (Å²) in [6, 6.07) is 5.89. The maximum Gasteiger partial charge on any atom is 0.253 e. The molecular formula is C11H15NO. The molecule has 13 heavy (non-hydrogen) atoms. The second kappa shape index (κ2) is 3.60. The van der Waals surface area contributed by atoms with Gasteiger partial charge < -0.3 is 4.90 Å². The molecule has 1 aromatic rings. The lowest BCUT2D eigenvalue weighted by atomic mass is 10.1. The molecule has 0 N–H and O–H groups in total. The predicted octanol–water partition coefficient (Wildman–Crippen LogP) is 2.01. The molecule has 1 amide bonds. The van der Waals surface area contributed by atoms with Crippen molar-refractivity contribution in [2.24, 2.45) is 0 Å². The second-order valence-electron chi connectivity index (χ2n) is 3.58. The summed E-state index contributed by atoms with van der Waals surface area (Å²) in [5, 5.41) is 0. The molecule has 0 unspecified atom stereocenters. The number of carbonyl (C=O) groups is 1. The predicted molar refractivity (Wildman–Crippen MR) is 53.9 cm³/mol. The van der Waals surface area contributed by atoms with Gasteiger partial charge in [0.2, 0.25) is 0 Å². The fourth-order valence-electron chi connectivity index (χ4n) is 1.36. The first-order valence-corrected chi connectivity index (χ1v) is 4.30. The van der Waals surface area contributed by atoms with Gasteiger partial charge in [0.25, 0.3) is 5.91 Å². The summed E-state index contributed by atoms with van der Waals surface area (Å²) in [6.45, 7) is 4.00. The van der Waals surface area contributed by atoms with Crippen molar-refractivity contribution in [3.05, 3.63) is 34.9 Å². The summed E-state index contributed by atoms with van der Waals surface area (Å²) in [4.78, 5) is 13.2. The molecule has 1 aromatic carbocycles. The first kappa shape index (κ1) is 9.78. The smallest absolute Gasteiger partial charge is 0.253 e. The van der Waals surface area contributed by atoms with Crippen molar-refractivity contribution in [2.45, 2.75) is 13.8 Å². The highest BCUT2D eigenvalue weighted by molar-refractivity contribution is 5.94. The number of nitrogens with zero attached hydrogens (tertiary/aromatic N) is 1. The molecule has 0 radical (unpaired) electrons. The van der Waals surface area contributed by atoms with Crippen LogP contribution in [0.3, 0.4) is 0 Å². The third-order valence-corrected chi connectivity index (χ3v) is 1.87. The Bertz CT molecular complexity index is 309. The minimum absolute atomic E-state index is 0.0619. The van der Waals surface area contributed by atoms with Gasteiger partial charge in [-0.25, -0.2) is 0 Å². The van der Waals surface area contributed by atoms with Crippen LogP contribution in [0.5, 0.6) is 0 Å². The van der Waals surface area contributed by atoms with Crippen molar-refractivity contribution in [3.8, 4) is 0 Å². The van der Waals surface area contributed by atoms with Crippen LogP contribution in [0.15, 0.2) is 18.2 Å². The van der Waals surface area contributed by atoms with Gasteiger partial charge in [0.15, 0.2) is 0 Å². The van der Waals surface area contributed by atoms with E-state index >= 15 is 0 Å². The molecule has 0 bridgehead atoms.